The van der Waals surface area contributed by atoms with Gasteiger partial charge in [0, 0.05) is 6.07 Å². The number of nitro groups is 1. The van der Waals surface area contributed by atoms with Crippen molar-refractivity contribution in [1.29, 1.82) is 0 Å². The molecule has 0 aliphatic rings. The highest BCUT2D eigenvalue weighted by Gasteiger charge is 2.08. The van der Waals surface area contributed by atoms with E-state index in [1.54, 1.807) is 18.2 Å². The Bertz CT molecular complexity index is 481. The number of carbonyl (C=O) groups is 1. The number of benzene rings is 1. The second-order valence-electron chi connectivity index (χ2n) is 3.40. The smallest absolute Gasteiger partial charge is 0.309 e. The van der Waals surface area contributed by atoms with Crippen LogP contribution in [0.25, 0.3) is 6.08 Å². The molecular formula is C12H13NO5. The summed E-state index contributed by atoms with van der Waals surface area (Å²) < 4.78 is 9.44. The Morgan fingerprint density at radius 1 is 1.39 bits per heavy atom. The van der Waals surface area contributed by atoms with Gasteiger partial charge in [-0.3, -0.25) is 14.9 Å². The molecule has 96 valence electrons. The van der Waals surface area contributed by atoms with Crippen LogP contribution < -0.4 is 4.74 Å². The number of hydrogen-bond acceptors (Lipinski definition) is 5. The fourth-order valence-corrected chi connectivity index (χ4v) is 1.30. The van der Waals surface area contributed by atoms with Gasteiger partial charge < -0.3 is 9.47 Å². The lowest BCUT2D eigenvalue weighted by atomic mass is 10.1. The molecule has 0 aliphatic heterocycles. The molecule has 0 fully saturated rings. The summed E-state index contributed by atoms with van der Waals surface area (Å²) in [6.07, 6.45) is 3.29. The Balaban J connectivity index is 2.91. The molecule has 0 atom stereocenters. The molecule has 6 nitrogen and oxygen atoms in total. The van der Waals surface area contributed by atoms with E-state index >= 15 is 0 Å². The Kier molecular flexibility index (Phi) is 4.86. The number of nitro benzene ring substituents is 1. The zero-order valence-corrected chi connectivity index (χ0v) is 10.1. The molecule has 1 aromatic rings. The van der Waals surface area contributed by atoms with E-state index in [1.807, 2.05) is 0 Å². The molecule has 0 amide bonds. The molecule has 1 rings (SSSR count). The van der Waals surface area contributed by atoms with Crippen LogP contribution in [0.2, 0.25) is 0 Å². The lowest BCUT2D eigenvalue weighted by Crippen LogP contribution is -1.96. The summed E-state index contributed by atoms with van der Waals surface area (Å²) in [4.78, 5) is 21.1. The van der Waals surface area contributed by atoms with E-state index in [1.165, 1.54) is 26.4 Å². The van der Waals surface area contributed by atoms with E-state index in [0.717, 1.165) is 0 Å². The van der Waals surface area contributed by atoms with E-state index in [0.29, 0.717) is 11.3 Å². The topological polar surface area (TPSA) is 78.7 Å². The molecule has 0 saturated heterocycles. The molecule has 0 aliphatic carbocycles. The third kappa shape index (κ3) is 3.89. The van der Waals surface area contributed by atoms with Crippen molar-refractivity contribution < 1.29 is 19.2 Å². The van der Waals surface area contributed by atoms with Gasteiger partial charge in [0.15, 0.2) is 0 Å². The molecule has 0 unspecified atom stereocenters. The van der Waals surface area contributed by atoms with Gasteiger partial charge in [0.05, 0.1) is 31.6 Å². The van der Waals surface area contributed by atoms with Gasteiger partial charge in [-0.25, -0.2) is 0 Å². The van der Waals surface area contributed by atoms with Crippen LogP contribution >= 0.6 is 0 Å². The molecule has 0 radical (unpaired) electrons. The van der Waals surface area contributed by atoms with Crippen LogP contribution in [0, 0.1) is 10.1 Å². The predicted molar refractivity (Wildman–Crippen MR) is 65.3 cm³/mol. The van der Waals surface area contributed by atoms with Crippen LogP contribution in [-0.2, 0) is 9.53 Å². The number of methoxy groups -OCH3 is 2. The largest absolute Gasteiger partial charge is 0.496 e. The van der Waals surface area contributed by atoms with Crippen molar-refractivity contribution in [2.45, 2.75) is 6.42 Å². The van der Waals surface area contributed by atoms with Crippen molar-refractivity contribution in [2.24, 2.45) is 0 Å². The number of carbonyl (C=O) groups excluding carboxylic acids is 1. The molecule has 0 saturated carbocycles. The van der Waals surface area contributed by atoms with E-state index < -0.39 is 4.92 Å². The Morgan fingerprint density at radius 3 is 2.67 bits per heavy atom. The number of hydrogen-bond donors (Lipinski definition) is 0. The van der Waals surface area contributed by atoms with Crippen molar-refractivity contribution in [3.63, 3.8) is 0 Å². The minimum Gasteiger partial charge on any atom is -0.496 e. The highest BCUT2D eigenvalue weighted by Crippen LogP contribution is 2.23. The second-order valence-corrected chi connectivity index (χ2v) is 3.40. The van der Waals surface area contributed by atoms with Gasteiger partial charge in [-0.15, -0.1) is 0 Å². The predicted octanol–water partition coefficient (Wildman–Crippen LogP) is 2.18. The van der Waals surface area contributed by atoms with Crippen LogP contribution in [0.4, 0.5) is 5.69 Å². The van der Waals surface area contributed by atoms with Crippen LogP contribution in [0.1, 0.15) is 12.0 Å². The average Bonchev–Trinajstić information content (AvgIpc) is 2.37. The Hall–Kier alpha value is -2.37. The first-order valence-corrected chi connectivity index (χ1v) is 5.13. The molecule has 1 aromatic carbocycles. The lowest BCUT2D eigenvalue weighted by Gasteiger charge is -2.01. The minimum absolute atomic E-state index is 0.0629. The van der Waals surface area contributed by atoms with Gasteiger partial charge in [0.2, 0.25) is 0 Å². The molecule has 0 aromatic heterocycles. The summed E-state index contributed by atoms with van der Waals surface area (Å²) in [5, 5.41) is 10.7. The summed E-state index contributed by atoms with van der Waals surface area (Å²) in [5.41, 5.74) is 0.525. The maximum atomic E-state index is 10.9. The second kappa shape index (κ2) is 6.39. The number of rotatable bonds is 5. The normalized spacial score (nSPS) is 10.3. The van der Waals surface area contributed by atoms with E-state index in [-0.39, 0.29) is 18.1 Å². The summed E-state index contributed by atoms with van der Waals surface area (Å²) in [6, 6.07) is 4.37. The van der Waals surface area contributed by atoms with Crippen LogP contribution in [0.3, 0.4) is 0 Å². The summed E-state index contributed by atoms with van der Waals surface area (Å²) in [7, 11) is 2.73. The summed E-state index contributed by atoms with van der Waals surface area (Å²) in [6.45, 7) is 0. The molecular weight excluding hydrogens is 238 g/mol. The van der Waals surface area contributed by atoms with Gasteiger partial charge in [0.25, 0.3) is 5.69 Å². The SMILES string of the molecule is COC(=O)CC=Cc1cc(OC)cc([N+](=O)[O-])c1. The fraction of sp³-hybridized carbons (Fsp3) is 0.250. The van der Waals surface area contributed by atoms with Gasteiger partial charge in [-0.1, -0.05) is 12.2 Å². The number of ether oxygens (including phenoxy) is 2. The van der Waals surface area contributed by atoms with Gasteiger partial charge in [-0.05, 0) is 11.6 Å². The minimum atomic E-state index is -0.500. The number of esters is 1. The molecule has 0 N–H and O–H groups in total. The number of nitrogens with zero attached hydrogens (tertiary/aromatic N) is 1. The van der Waals surface area contributed by atoms with Gasteiger partial charge in [-0.2, -0.15) is 0 Å². The maximum absolute atomic E-state index is 10.9. The Labute approximate surface area is 104 Å². The zero-order valence-electron chi connectivity index (χ0n) is 10.1. The quantitative estimate of drug-likeness (QED) is 0.455. The summed E-state index contributed by atoms with van der Waals surface area (Å²) in [5.74, 6) is 0.0190. The molecule has 0 heterocycles. The average molecular weight is 251 g/mol. The van der Waals surface area contributed by atoms with E-state index in [2.05, 4.69) is 4.74 Å². The first kappa shape index (κ1) is 13.7. The van der Waals surface area contributed by atoms with E-state index in [4.69, 9.17) is 4.74 Å². The maximum Gasteiger partial charge on any atom is 0.309 e. The first-order valence-electron chi connectivity index (χ1n) is 5.13. The Morgan fingerprint density at radius 2 is 2.11 bits per heavy atom. The van der Waals surface area contributed by atoms with Crippen LogP contribution in [0.5, 0.6) is 5.75 Å². The fourth-order valence-electron chi connectivity index (χ4n) is 1.30. The van der Waals surface area contributed by atoms with Crippen molar-refractivity contribution in [2.75, 3.05) is 14.2 Å². The molecule has 6 heteroatoms. The first-order chi connectivity index (χ1) is 8.56. The van der Waals surface area contributed by atoms with Crippen molar-refractivity contribution in [3.05, 3.63) is 40.0 Å². The van der Waals surface area contributed by atoms with Crippen molar-refractivity contribution >= 4 is 17.7 Å². The molecule has 18 heavy (non-hydrogen) atoms. The monoisotopic (exact) mass is 251 g/mol. The third-order valence-corrected chi connectivity index (χ3v) is 2.18. The molecule has 0 spiro atoms. The highest BCUT2D eigenvalue weighted by atomic mass is 16.6. The van der Waals surface area contributed by atoms with Gasteiger partial charge >= 0.3 is 5.97 Å². The van der Waals surface area contributed by atoms with Crippen LogP contribution in [0.15, 0.2) is 24.3 Å². The third-order valence-electron chi connectivity index (χ3n) is 2.18. The zero-order chi connectivity index (χ0) is 13.5. The van der Waals surface area contributed by atoms with Gasteiger partial charge in [0.1, 0.15) is 5.75 Å². The van der Waals surface area contributed by atoms with Crippen molar-refractivity contribution in [1.82, 2.24) is 0 Å². The van der Waals surface area contributed by atoms with Crippen LogP contribution in [-0.4, -0.2) is 25.1 Å². The molecule has 0 bridgehead atoms. The van der Waals surface area contributed by atoms with Crippen molar-refractivity contribution in [3.8, 4) is 5.75 Å². The standard InChI is InChI=1S/C12H13NO5/c1-17-11-7-9(4-3-5-12(14)18-2)6-10(8-11)13(15)16/h3-4,6-8H,5H2,1-2H3. The van der Waals surface area contributed by atoms with E-state index in [9.17, 15) is 14.9 Å². The highest BCUT2D eigenvalue weighted by molar-refractivity contribution is 5.72. The number of non-ortho nitro benzene ring substituents is 1. The summed E-state index contributed by atoms with van der Waals surface area (Å²) >= 11 is 0. The lowest BCUT2D eigenvalue weighted by molar-refractivity contribution is -0.384.